The first-order chi connectivity index (χ1) is 9.08. The van der Waals surface area contributed by atoms with E-state index in [-0.39, 0.29) is 13.0 Å². The largest absolute Gasteiger partial charge is 0.394 e. The summed E-state index contributed by atoms with van der Waals surface area (Å²) in [6.07, 6.45) is -0.0664. The molecule has 1 fully saturated rings. The molecule has 1 aliphatic heterocycles. The highest BCUT2D eigenvalue weighted by atomic mass is 16.5. The lowest BCUT2D eigenvalue weighted by molar-refractivity contribution is -0.0285. The Bertz CT molecular complexity index is 630. The standard InChI is InChI=1S/C10H13N5O4/c1-5-3-12-10(18)15(9(5)17)8-2-6(13-14-11)7(4-16)19-8/h3,6-8,16H,2,4H2,1H3,(H,12,18)/t6-,7-,8-/m1/s1. The van der Waals surface area contributed by atoms with Crippen molar-refractivity contribution >= 4 is 0 Å². The second kappa shape index (κ2) is 5.27. The number of ether oxygens (including phenoxy) is 1. The van der Waals surface area contributed by atoms with Gasteiger partial charge in [-0.15, -0.1) is 0 Å². The lowest BCUT2D eigenvalue weighted by atomic mass is 10.1. The minimum Gasteiger partial charge on any atom is -0.394 e. The van der Waals surface area contributed by atoms with Crippen LogP contribution in [0.3, 0.4) is 0 Å². The summed E-state index contributed by atoms with van der Waals surface area (Å²) >= 11 is 0. The Balaban J connectivity index is 2.40. The van der Waals surface area contributed by atoms with Gasteiger partial charge in [0.25, 0.3) is 5.56 Å². The Morgan fingerprint density at radius 2 is 2.42 bits per heavy atom. The number of aromatic nitrogens is 2. The molecule has 0 aromatic carbocycles. The highest BCUT2D eigenvalue weighted by Gasteiger charge is 2.36. The van der Waals surface area contributed by atoms with Gasteiger partial charge in [0.05, 0.1) is 18.8 Å². The lowest BCUT2D eigenvalue weighted by Gasteiger charge is -2.14. The highest BCUT2D eigenvalue weighted by Crippen LogP contribution is 2.29. The Kier molecular flexibility index (Phi) is 3.70. The predicted molar refractivity (Wildman–Crippen MR) is 64.6 cm³/mol. The molecule has 2 rings (SSSR count). The zero-order chi connectivity index (χ0) is 14.0. The van der Waals surface area contributed by atoms with Crippen LogP contribution in [0, 0.1) is 6.92 Å². The summed E-state index contributed by atoms with van der Waals surface area (Å²) in [5.41, 5.74) is 7.74. The average Bonchev–Trinajstić information content (AvgIpc) is 2.78. The predicted octanol–water partition coefficient (Wildman–Crippen LogP) is -0.196. The molecule has 1 saturated heterocycles. The maximum Gasteiger partial charge on any atom is 0.330 e. The Morgan fingerprint density at radius 1 is 1.68 bits per heavy atom. The normalized spacial score (nSPS) is 26.1. The van der Waals surface area contributed by atoms with Crippen LogP contribution < -0.4 is 11.2 Å². The monoisotopic (exact) mass is 267 g/mol. The molecule has 0 radical (unpaired) electrons. The van der Waals surface area contributed by atoms with Crippen LogP contribution in [0.1, 0.15) is 18.2 Å². The number of hydrogen-bond acceptors (Lipinski definition) is 5. The van der Waals surface area contributed by atoms with Crippen molar-refractivity contribution in [2.75, 3.05) is 6.61 Å². The Labute approximate surface area is 107 Å². The number of aliphatic hydroxyl groups is 1. The number of azide groups is 1. The van der Waals surface area contributed by atoms with Crippen molar-refractivity contribution in [2.24, 2.45) is 5.11 Å². The van der Waals surface area contributed by atoms with E-state index in [0.717, 1.165) is 4.57 Å². The van der Waals surface area contributed by atoms with Crippen molar-refractivity contribution in [1.29, 1.82) is 0 Å². The van der Waals surface area contributed by atoms with Gasteiger partial charge in [0, 0.05) is 23.1 Å². The van der Waals surface area contributed by atoms with E-state index in [1.807, 2.05) is 0 Å². The number of hydrogen-bond donors (Lipinski definition) is 2. The van der Waals surface area contributed by atoms with Crippen LogP contribution >= 0.6 is 0 Å². The maximum absolute atomic E-state index is 11.9. The number of nitrogens with one attached hydrogen (secondary N) is 1. The third-order valence-corrected chi connectivity index (χ3v) is 3.06. The maximum atomic E-state index is 11.9. The van der Waals surface area contributed by atoms with E-state index in [9.17, 15) is 9.59 Å². The average molecular weight is 267 g/mol. The second-order valence-corrected chi connectivity index (χ2v) is 4.27. The molecule has 2 N–H and O–H groups in total. The zero-order valence-electron chi connectivity index (χ0n) is 10.2. The van der Waals surface area contributed by atoms with Gasteiger partial charge in [-0.1, -0.05) is 5.11 Å². The molecule has 0 unspecified atom stereocenters. The molecular formula is C10H13N5O4. The molecule has 0 spiro atoms. The van der Waals surface area contributed by atoms with Gasteiger partial charge in [0.2, 0.25) is 0 Å². The van der Waals surface area contributed by atoms with Crippen molar-refractivity contribution in [3.63, 3.8) is 0 Å². The number of aliphatic hydroxyl groups excluding tert-OH is 1. The van der Waals surface area contributed by atoms with E-state index in [4.69, 9.17) is 15.4 Å². The number of H-pyrrole nitrogens is 1. The SMILES string of the molecule is Cc1c[nH]c(=O)n([C@H]2C[C@@H](N=[N+]=[N-])[C@@H](CO)O2)c1=O. The molecule has 0 saturated carbocycles. The minimum absolute atomic E-state index is 0.168. The van der Waals surface area contributed by atoms with Crippen molar-refractivity contribution < 1.29 is 9.84 Å². The molecular weight excluding hydrogens is 254 g/mol. The van der Waals surface area contributed by atoms with Crippen molar-refractivity contribution in [2.45, 2.75) is 31.7 Å². The first-order valence-corrected chi connectivity index (χ1v) is 5.69. The molecule has 102 valence electrons. The summed E-state index contributed by atoms with van der Waals surface area (Å²) in [4.78, 5) is 28.7. The topological polar surface area (TPSA) is 133 Å². The van der Waals surface area contributed by atoms with Gasteiger partial charge in [-0.25, -0.2) is 9.36 Å². The van der Waals surface area contributed by atoms with E-state index >= 15 is 0 Å². The van der Waals surface area contributed by atoms with Crippen LogP contribution in [-0.4, -0.2) is 33.4 Å². The first-order valence-electron chi connectivity index (χ1n) is 5.69. The quantitative estimate of drug-likeness (QED) is 0.445. The molecule has 3 atom stereocenters. The highest BCUT2D eigenvalue weighted by molar-refractivity contribution is 5.02. The van der Waals surface area contributed by atoms with Crippen LogP contribution in [0.15, 0.2) is 20.9 Å². The number of rotatable bonds is 3. The molecule has 1 aromatic rings. The molecule has 0 amide bonds. The van der Waals surface area contributed by atoms with Crippen LogP contribution in [-0.2, 0) is 4.74 Å². The van der Waals surface area contributed by atoms with Gasteiger partial charge in [-0.05, 0) is 12.5 Å². The van der Waals surface area contributed by atoms with Crippen molar-refractivity contribution in [3.05, 3.63) is 43.0 Å². The van der Waals surface area contributed by atoms with Crippen LogP contribution in [0.5, 0.6) is 0 Å². The number of nitrogens with zero attached hydrogens (tertiary/aromatic N) is 4. The summed E-state index contributed by atoms with van der Waals surface area (Å²) in [5.74, 6) is 0. The van der Waals surface area contributed by atoms with Crippen LogP contribution in [0.4, 0.5) is 0 Å². The minimum atomic E-state index is -0.844. The fraction of sp³-hybridized carbons (Fsp3) is 0.600. The molecule has 1 aromatic heterocycles. The second-order valence-electron chi connectivity index (χ2n) is 4.27. The zero-order valence-corrected chi connectivity index (χ0v) is 10.2. The summed E-state index contributed by atoms with van der Waals surface area (Å²) in [7, 11) is 0. The van der Waals surface area contributed by atoms with Gasteiger partial charge in [0.1, 0.15) is 6.23 Å². The fourth-order valence-electron chi connectivity index (χ4n) is 2.07. The fourth-order valence-corrected chi connectivity index (χ4v) is 2.07. The van der Waals surface area contributed by atoms with Crippen molar-refractivity contribution in [1.82, 2.24) is 9.55 Å². The molecule has 0 bridgehead atoms. The van der Waals surface area contributed by atoms with Gasteiger partial charge < -0.3 is 14.8 Å². The number of aryl methyl sites for hydroxylation is 1. The van der Waals surface area contributed by atoms with E-state index < -0.39 is 29.6 Å². The Morgan fingerprint density at radius 3 is 3.05 bits per heavy atom. The molecule has 0 aliphatic carbocycles. The van der Waals surface area contributed by atoms with E-state index in [1.165, 1.54) is 6.20 Å². The lowest BCUT2D eigenvalue weighted by Crippen LogP contribution is -2.39. The third-order valence-electron chi connectivity index (χ3n) is 3.06. The van der Waals surface area contributed by atoms with Gasteiger partial charge in [0.15, 0.2) is 0 Å². The smallest absolute Gasteiger partial charge is 0.330 e. The van der Waals surface area contributed by atoms with Gasteiger partial charge >= 0.3 is 5.69 Å². The summed E-state index contributed by atoms with van der Waals surface area (Å²) in [5, 5.41) is 12.6. The van der Waals surface area contributed by atoms with E-state index in [2.05, 4.69) is 15.0 Å². The third kappa shape index (κ3) is 2.39. The molecule has 2 heterocycles. The Hall–Kier alpha value is -2.09. The van der Waals surface area contributed by atoms with E-state index in [1.54, 1.807) is 6.92 Å². The summed E-state index contributed by atoms with van der Waals surface area (Å²) in [6.45, 7) is 1.22. The molecule has 9 heteroatoms. The van der Waals surface area contributed by atoms with Gasteiger partial charge in [-0.3, -0.25) is 4.79 Å². The van der Waals surface area contributed by atoms with E-state index in [0.29, 0.717) is 5.56 Å². The summed E-state index contributed by atoms with van der Waals surface area (Å²) in [6, 6.07) is -0.605. The van der Waals surface area contributed by atoms with Crippen LogP contribution in [0.25, 0.3) is 10.4 Å². The molecule has 19 heavy (non-hydrogen) atoms. The van der Waals surface area contributed by atoms with Crippen LogP contribution in [0.2, 0.25) is 0 Å². The van der Waals surface area contributed by atoms with Gasteiger partial charge in [-0.2, -0.15) is 0 Å². The first kappa shape index (κ1) is 13.3. The summed E-state index contributed by atoms with van der Waals surface area (Å²) < 4.78 is 6.34. The molecule has 9 nitrogen and oxygen atoms in total. The number of aromatic amines is 1. The van der Waals surface area contributed by atoms with Crippen molar-refractivity contribution in [3.8, 4) is 0 Å². The molecule has 1 aliphatic rings.